The Kier molecular flexibility index (Phi) is 6.15. The summed E-state index contributed by atoms with van der Waals surface area (Å²) in [5.74, 6) is 0.277. The molecule has 1 N–H and O–H groups in total. The van der Waals surface area contributed by atoms with E-state index in [4.69, 9.17) is 4.74 Å². The molecule has 1 aromatic carbocycles. The summed E-state index contributed by atoms with van der Waals surface area (Å²) in [6, 6.07) is 7.21. The second kappa shape index (κ2) is 7.19. The Labute approximate surface area is 122 Å². The SMILES string of the molecule is COCC(NC(c1ccc(F)cc1)C(C)(C)C)C(C)C. The Hall–Kier alpha value is -0.930. The van der Waals surface area contributed by atoms with Gasteiger partial charge in [0.1, 0.15) is 5.82 Å². The Balaban J connectivity index is 2.98. The molecule has 0 aliphatic rings. The van der Waals surface area contributed by atoms with Gasteiger partial charge in [-0.25, -0.2) is 4.39 Å². The van der Waals surface area contributed by atoms with Gasteiger partial charge in [-0.3, -0.25) is 0 Å². The third-order valence-electron chi connectivity index (χ3n) is 3.60. The minimum atomic E-state index is -0.196. The van der Waals surface area contributed by atoms with Gasteiger partial charge in [-0.2, -0.15) is 0 Å². The molecule has 0 heterocycles. The highest BCUT2D eigenvalue weighted by molar-refractivity contribution is 5.22. The van der Waals surface area contributed by atoms with E-state index in [9.17, 15) is 4.39 Å². The molecule has 0 aromatic heterocycles. The van der Waals surface area contributed by atoms with Gasteiger partial charge in [0.15, 0.2) is 0 Å². The number of ether oxygens (including phenoxy) is 1. The van der Waals surface area contributed by atoms with Gasteiger partial charge < -0.3 is 10.1 Å². The Morgan fingerprint density at radius 1 is 1.15 bits per heavy atom. The molecule has 0 fully saturated rings. The minimum Gasteiger partial charge on any atom is -0.383 e. The monoisotopic (exact) mass is 281 g/mol. The van der Waals surface area contributed by atoms with E-state index in [-0.39, 0.29) is 23.3 Å². The zero-order valence-electron chi connectivity index (χ0n) is 13.5. The number of hydrogen-bond acceptors (Lipinski definition) is 2. The van der Waals surface area contributed by atoms with Crippen molar-refractivity contribution < 1.29 is 9.13 Å². The van der Waals surface area contributed by atoms with Crippen LogP contribution in [0.3, 0.4) is 0 Å². The van der Waals surface area contributed by atoms with E-state index >= 15 is 0 Å². The molecule has 0 aliphatic carbocycles. The number of nitrogens with one attached hydrogen (secondary N) is 1. The highest BCUT2D eigenvalue weighted by atomic mass is 19.1. The normalized spacial score (nSPS) is 15.4. The van der Waals surface area contributed by atoms with Gasteiger partial charge in [-0.05, 0) is 29.0 Å². The number of benzene rings is 1. The third-order valence-corrected chi connectivity index (χ3v) is 3.60. The molecule has 2 unspecified atom stereocenters. The van der Waals surface area contributed by atoms with Gasteiger partial charge >= 0.3 is 0 Å². The maximum Gasteiger partial charge on any atom is 0.123 e. The summed E-state index contributed by atoms with van der Waals surface area (Å²) in [5, 5.41) is 3.68. The van der Waals surface area contributed by atoms with Crippen molar-refractivity contribution in [3.8, 4) is 0 Å². The smallest absolute Gasteiger partial charge is 0.123 e. The number of rotatable bonds is 6. The molecule has 0 saturated carbocycles. The van der Waals surface area contributed by atoms with Crippen LogP contribution in [0, 0.1) is 17.2 Å². The molecule has 2 nitrogen and oxygen atoms in total. The van der Waals surface area contributed by atoms with Crippen LogP contribution in [-0.2, 0) is 4.74 Å². The molecule has 0 spiro atoms. The molecular formula is C17H28FNO. The van der Waals surface area contributed by atoms with Crippen LogP contribution in [0.15, 0.2) is 24.3 Å². The highest BCUT2D eigenvalue weighted by Gasteiger charge is 2.29. The molecule has 0 bridgehead atoms. The summed E-state index contributed by atoms with van der Waals surface area (Å²) in [5.41, 5.74) is 1.15. The van der Waals surface area contributed by atoms with Gasteiger partial charge in [0.25, 0.3) is 0 Å². The van der Waals surface area contributed by atoms with Crippen molar-refractivity contribution in [2.45, 2.75) is 46.7 Å². The predicted octanol–water partition coefficient (Wildman–Crippen LogP) is 4.17. The van der Waals surface area contributed by atoms with Crippen LogP contribution in [0.5, 0.6) is 0 Å². The first-order chi connectivity index (χ1) is 9.25. The zero-order valence-corrected chi connectivity index (χ0v) is 13.5. The van der Waals surface area contributed by atoms with Crippen molar-refractivity contribution in [2.75, 3.05) is 13.7 Å². The van der Waals surface area contributed by atoms with Crippen LogP contribution in [0.4, 0.5) is 4.39 Å². The average Bonchev–Trinajstić information content (AvgIpc) is 2.34. The van der Waals surface area contributed by atoms with Crippen molar-refractivity contribution in [2.24, 2.45) is 11.3 Å². The topological polar surface area (TPSA) is 21.3 Å². The Bertz CT molecular complexity index is 394. The molecule has 1 rings (SSSR count). The standard InChI is InChI=1S/C17H28FNO/c1-12(2)15(11-20-6)19-16(17(3,4)5)13-7-9-14(18)10-8-13/h7-10,12,15-16,19H,11H2,1-6H3. The summed E-state index contributed by atoms with van der Waals surface area (Å²) < 4.78 is 18.4. The van der Waals surface area contributed by atoms with E-state index in [0.717, 1.165) is 5.56 Å². The fourth-order valence-electron chi connectivity index (χ4n) is 2.33. The summed E-state index contributed by atoms with van der Waals surface area (Å²) in [6.07, 6.45) is 0. The van der Waals surface area contributed by atoms with Crippen LogP contribution in [0.1, 0.15) is 46.2 Å². The van der Waals surface area contributed by atoms with Crippen molar-refractivity contribution >= 4 is 0 Å². The second-order valence-corrected chi connectivity index (χ2v) is 6.82. The first-order valence-corrected chi connectivity index (χ1v) is 7.26. The summed E-state index contributed by atoms with van der Waals surface area (Å²) in [7, 11) is 1.72. The molecule has 0 saturated heterocycles. The molecule has 0 aliphatic heterocycles. The van der Waals surface area contributed by atoms with Crippen molar-refractivity contribution in [1.82, 2.24) is 5.32 Å². The second-order valence-electron chi connectivity index (χ2n) is 6.82. The predicted molar refractivity (Wildman–Crippen MR) is 82.2 cm³/mol. The largest absolute Gasteiger partial charge is 0.383 e. The van der Waals surface area contributed by atoms with Crippen molar-refractivity contribution in [3.05, 3.63) is 35.6 Å². The van der Waals surface area contributed by atoms with E-state index in [2.05, 4.69) is 39.9 Å². The van der Waals surface area contributed by atoms with Crippen LogP contribution in [0.2, 0.25) is 0 Å². The number of halogens is 1. The summed E-state index contributed by atoms with van der Waals surface area (Å²) in [6.45, 7) is 11.6. The fourth-order valence-corrected chi connectivity index (χ4v) is 2.33. The molecule has 20 heavy (non-hydrogen) atoms. The van der Waals surface area contributed by atoms with Crippen LogP contribution >= 0.6 is 0 Å². The van der Waals surface area contributed by atoms with Crippen LogP contribution in [-0.4, -0.2) is 19.8 Å². The lowest BCUT2D eigenvalue weighted by Gasteiger charge is -2.36. The van der Waals surface area contributed by atoms with Gasteiger partial charge in [-0.1, -0.05) is 46.8 Å². The zero-order chi connectivity index (χ0) is 15.3. The number of hydrogen-bond donors (Lipinski definition) is 1. The summed E-state index contributed by atoms with van der Waals surface area (Å²) in [4.78, 5) is 0. The first kappa shape index (κ1) is 17.1. The number of methoxy groups -OCH3 is 1. The lowest BCUT2D eigenvalue weighted by molar-refractivity contribution is 0.123. The Morgan fingerprint density at radius 3 is 2.10 bits per heavy atom. The van der Waals surface area contributed by atoms with E-state index in [1.165, 1.54) is 12.1 Å². The Morgan fingerprint density at radius 2 is 1.70 bits per heavy atom. The van der Waals surface area contributed by atoms with E-state index in [1.54, 1.807) is 7.11 Å². The maximum absolute atomic E-state index is 13.1. The lowest BCUT2D eigenvalue weighted by atomic mass is 9.81. The highest BCUT2D eigenvalue weighted by Crippen LogP contribution is 2.33. The molecule has 0 radical (unpaired) electrons. The van der Waals surface area contributed by atoms with Gasteiger partial charge in [-0.15, -0.1) is 0 Å². The van der Waals surface area contributed by atoms with Gasteiger partial charge in [0.05, 0.1) is 6.61 Å². The van der Waals surface area contributed by atoms with Crippen molar-refractivity contribution in [3.63, 3.8) is 0 Å². The molecule has 3 heteroatoms. The molecule has 0 amide bonds. The quantitative estimate of drug-likeness (QED) is 0.845. The lowest BCUT2D eigenvalue weighted by Crippen LogP contribution is -2.44. The molecule has 2 atom stereocenters. The summed E-state index contributed by atoms with van der Waals surface area (Å²) >= 11 is 0. The van der Waals surface area contributed by atoms with E-state index in [1.807, 2.05) is 12.1 Å². The first-order valence-electron chi connectivity index (χ1n) is 7.26. The van der Waals surface area contributed by atoms with Gasteiger partial charge in [0.2, 0.25) is 0 Å². The average molecular weight is 281 g/mol. The van der Waals surface area contributed by atoms with E-state index < -0.39 is 0 Å². The molecule has 1 aromatic rings. The molecule has 114 valence electrons. The third kappa shape index (κ3) is 4.88. The maximum atomic E-state index is 13.1. The van der Waals surface area contributed by atoms with Crippen LogP contribution in [0.25, 0.3) is 0 Å². The van der Waals surface area contributed by atoms with Crippen molar-refractivity contribution in [1.29, 1.82) is 0 Å². The fraction of sp³-hybridized carbons (Fsp3) is 0.647. The van der Waals surface area contributed by atoms with Gasteiger partial charge in [0, 0.05) is 19.2 Å². The minimum absolute atomic E-state index is 0.0404. The molecular weight excluding hydrogens is 253 g/mol. The van der Waals surface area contributed by atoms with Crippen LogP contribution < -0.4 is 5.32 Å². The van der Waals surface area contributed by atoms with E-state index in [0.29, 0.717) is 12.5 Å².